The molecule has 0 spiro atoms. The summed E-state index contributed by atoms with van der Waals surface area (Å²) in [6.45, 7) is 6.05. The van der Waals surface area contributed by atoms with E-state index < -0.39 is 11.5 Å². The molecule has 0 fully saturated rings. The Balaban J connectivity index is 2.17. The molecule has 1 aromatic heterocycles. The van der Waals surface area contributed by atoms with Crippen LogP contribution in [0, 0.1) is 3.57 Å². The molecule has 0 aliphatic heterocycles. The van der Waals surface area contributed by atoms with Gasteiger partial charge in [0.2, 0.25) is 0 Å². The fourth-order valence-electron chi connectivity index (χ4n) is 2.75. The van der Waals surface area contributed by atoms with Crippen molar-refractivity contribution in [1.29, 1.82) is 0 Å². The Labute approximate surface area is 183 Å². The van der Waals surface area contributed by atoms with E-state index in [1.54, 1.807) is 25.1 Å². The van der Waals surface area contributed by atoms with Crippen LogP contribution in [0.1, 0.15) is 22.8 Å². The molecule has 3 rings (SSSR count). The first-order valence-electron chi connectivity index (χ1n) is 8.43. The molecule has 3 N–H and O–H groups in total. The molecule has 0 saturated heterocycles. The maximum absolute atomic E-state index is 12.9. The number of phenolic OH excluding ortho intramolecular Hbond substituents is 1. The summed E-state index contributed by atoms with van der Waals surface area (Å²) >= 11 is 7.88. The van der Waals surface area contributed by atoms with Crippen molar-refractivity contribution in [2.75, 3.05) is 6.61 Å². The lowest BCUT2D eigenvalue weighted by atomic mass is 10.1. The number of halogens is 2. The summed E-state index contributed by atoms with van der Waals surface area (Å²) in [5.41, 5.74) is 0.439. The number of aromatic nitrogens is 2. The maximum atomic E-state index is 12.9. The van der Waals surface area contributed by atoms with Gasteiger partial charge in [-0.05, 0) is 71.5 Å². The molecular formula is C20H16ClIN2O5. The highest BCUT2D eigenvalue weighted by molar-refractivity contribution is 14.1. The third-order valence-electron chi connectivity index (χ3n) is 4.11. The smallest absolute Gasteiger partial charge is 0.337 e. The van der Waals surface area contributed by atoms with Gasteiger partial charge < -0.3 is 14.9 Å². The lowest BCUT2D eigenvalue weighted by molar-refractivity contribution is 0.0697. The Bertz CT molecular complexity index is 1280. The molecule has 0 bridgehead atoms. The molecule has 3 aromatic rings. The average Bonchev–Trinajstić information content (AvgIpc) is 2.94. The predicted molar refractivity (Wildman–Crippen MR) is 119 cm³/mol. The minimum Gasteiger partial charge on any atom is -0.504 e. The van der Waals surface area contributed by atoms with Gasteiger partial charge in [0.1, 0.15) is 0 Å². The normalized spacial score (nSPS) is 11.6. The second kappa shape index (κ2) is 8.34. The number of benzene rings is 2. The van der Waals surface area contributed by atoms with Crippen LogP contribution in [-0.4, -0.2) is 32.6 Å². The summed E-state index contributed by atoms with van der Waals surface area (Å²) in [6.07, 6.45) is 1.62. The molecule has 0 amide bonds. The van der Waals surface area contributed by atoms with Crippen LogP contribution in [0.4, 0.5) is 0 Å². The number of carboxylic acids is 1. The van der Waals surface area contributed by atoms with Crippen LogP contribution in [-0.2, 0) is 0 Å². The number of carboxylic acid groups (broad SMARTS) is 1. The minimum atomic E-state index is -1.19. The number of carbonyl (C=O) groups is 1. The Hall–Kier alpha value is -2.72. The van der Waals surface area contributed by atoms with E-state index >= 15 is 0 Å². The van der Waals surface area contributed by atoms with E-state index in [1.165, 1.54) is 22.9 Å². The van der Waals surface area contributed by atoms with Crippen LogP contribution < -0.4 is 20.9 Å². The molecule has 9 heteroatoms. The molecule has 0 saturated carbocycles. The number of aromatic hydroxyl groups is 1. The van der Waals surface area contributed by atoms with Crippen molar-refractivity contribution in [1.82, 2.24) is 9.78 Å². The first-order chi connectivity index (χ1) is 13.7. The van der Waals surface area contributed by atoms with Crippen molar-refractivity contribution in [2.45, 2.75) is 6.92 Å². The molecule has 0 unspecified atom stereocenters. The molecule has 1 heterocycles. The Morgan fingerprint density at radius 2 is 2.10 bits per heavy atom. The van der Waals surface area contributed by atoms with Gasteiger partial charge >= 0.3 is 5.97 Å². The molecular weight excluding hydrogens is 511 g/mol. The van der Waals surface area contributed by atoms with E-state index in [0.29, 0.717) is 37.7 Å². The fourth-order valence-corrected chi connectivity index (χ4v) is 3.58. The van der Waals surface area contributed by atoms with E-state index in [9.17, 15) is 19.8 Å². The lowest BCUT2D eigenvalue weighted by Gasteiger charge is -2.08. The van der Waals surface area contributed by atoms with Gasteiger partial charge in [0.05, 0.1) is 37.0 Å². The van der Waals surface area contributed by atoms with Crippen molar-refractivity contribution >= 4 is 52.8 Å². The number of aromatic carboxylic acids is 1. The number of H-pyrrole nitrogens is 1. The third kappa shape index (κ3) is 4.18. The van der Waals surface area contributed by atoms with Crippen LogP contribution in [0.25, 0.3) is 18.3 Å². The Morgan fingerprint density at radius 3 is 2.76 bits per heavy atom. The van der Waals surface area contributed by atoms with Crippen LogP contribution in [0.15, 0.2) is 35.1 Å². The highest BCUT2D eigenvalue weighted by Gasteiger charge is 2.13. The van der Waals surface area contributed by atoms with Crippen molar-refractivity contribution in [3.05, 3.63) is 71.0 Å². The number of nitrogens with zero attached hydrogens (tertiary/aromatic N) is 1. The highest BCUT2D eigenvalue weighted by Crippen LogP contribution is 2.32. The van der Waals surface area contributed by atoms with Crippen LogP contribution in [0.5, 0.6) is 11.5 Å². The Kier molecular flexibility index (Phi) is 6.04. The first-order valence-corrected chi connectivity index (χ1v) is 9.88. The van der Waals surface area contributed by atoms with Gasteiger partial charge in [-0.25, -0.2) is 9.48 Å². The number of aromatic amines is 1. The van der Waals surface area contributed by atoms with E-state index in [4.69, 9.17) is 16.3 Å². The molecule has 7 nitrogen and oxygen atoms in total. The van der Waals surface area contributed by atoms with Gasteiger partial charge in [-0.1, -0.05) is 18.2 Å². The van der Waals surface area contributed by atoms with E-state index in [2.05, 4.69) is 11.7 Å². The van der Waals surface area contributed by atoms with E-state index in [-0.39, 0.29) is 16.3 Å². The van der Waals surface area contributed by atoms with Crippen molar-refractivity contribution in [2.24, 2.45) is 0 Å². The molecule has 0 aliphatic rings. The largest absolute Gasteiger partial charge is 0.504 e. The molecule has 0 aliphatic carbocycles. The van der Waals surface area contributed by atoms with Crippen molar-refractivity contribution in [3.63, 3.8) is 0 Å². The quantitative estimate of drug-likeness (QED) is 0.443. The maximum Gasteiger partial charge on any atom is 0.337 e. The monoisotopic (exact) mass is 526 g/mol. The third-order valence-corrected chi connectivity index (χ3v) is 5.26. The van der Waals surface area contributed by atoms with E-state index in [1.807, 2.05) is 22.6 Å². The molecule has 2 aromatic carbocycles. The van der Waals surface area contributed by atoms with Crippen molar-refractivity contribution in [3.8, 4) is 17.2 Å². The van der Waals surface area contributed by atoms with Gasteiger partial charge in [-0.15, -0.1) is 0 Å². The van der Waals surface area contributed by atoms with Crippen molar-refractivity contribution < 1.29 is 19.7 Å². The van der Waals surface area contributed by atoms with Gasteiger partial charge in [-0.2, -0.15) is 0 Å². The topological polar surface area (TPSA) is 105 Å². The summed E-state index contributed by atoms with van der Waals surface area (Å²) < 4.78 is 7.20. The number of hydrogen-bond acceptors (Lipinski definition) is 4. The number of ether oxygens (including phenoxy) is 1. The number of rotatable bonds is 5. The highest BCUT2D eigenvalue weighted by atomic mass is 127. The minimum absolute atomic E-state index is 0.0355. The van der Waals surface area contributed by atoms with Gasteiger partial charge in [0.15, 0.2) is 11.5 Å². The average molecular weight is 527 g/mol. The van der Waals surface area contributed by atoms with Gasteiger partial charge in [0.25, 0.3) is 5.56 Å². The summed E-state index contributed by atoms with van der Waals surface area (Å²) in [7, 11) is 0. The van der Waals surface area contributed by atoms with Crippen LogP contribution in [0.2, 0.25) is 5.02 Å². The number of nitrogens with one attached hydrogen (secondary N) is 1. The zero-order chi connectivity index (χ0) is 21.3. The molecule has 0 atom stereocenters. The van der Waals surface area contributed by atoms with Crippen LogP contribution in [0.3, 0.4) is 0 Å². The molecule has 29 heavy (non-hydrogen) atoms. The SMILES string of the molecule is C=c1[nH]n(-c2ccc(Cl)c(C(=O)O)c2)c(=O)c1=Cc1cc(I)c(O)c(OCC)c1. The second-order valence-electron chi connectivity index (χ2n) is 6.04. The summed E-state index contributed by atoms with van der Waals surface area (Å²) in [6, 6.07) is 7.59. The number of phenols is 1. The molecule has 0 radical (unpaired) electrons. The summed E-state index contributed by atoms with van der Waals surface area (Å²) in [5, 5.41) is 22.9. The van der Waals surface area contributed by atoms with Crippen LogP contribution >= 0.6 is 34.2 Å². The second-order valence-corrected chi connectivity index (χ2v) is 7.61. The zero-order valence-electron chi connectivity index (χ0n) is 15.2. The summed E-state index contributed by atoms with van der Waals surface area (Å²) in [4.78, 5) is 24.2. The molecule has 150 valence electrons. The Morgan fingerprint density at radius 1 is 1.38 bits per heavy atom. The van der Waals surface area contributed by atoms with Gasteiger partial charge in [0, 0.05) is 0 Å². The first kappa shape index (κ1) is 21.0. The fraction of sp³-hybridized carbons (Fsp3) is 0.100. The van der Waals surface area contributed by atoms with Gasteiger partial charge in [-0.3, -0.25) is 9.89 Å². The zero-order valence-corrected chi connectivity index (χ0v) is 18.1. The summed E-state index contributed by atoms with van der Waals surface area (Å²) in [5.74, 6) is -0.843. The predicted octanol–water partition coefficient (Wildman–Crippen LogP) is 2.47. The lowest BCUT2D eigenvalue weighted by Crippen LogP contribution is -2.34. The number of hydrogen-bond donors (Lipinski definition) is 3. The van der Waals surface area contributed by atoms with E-state index in [0.717, 1.165) is 0 Å². The standard InChI is InChI=1S/C20H16ClIN2O5/c1-3-29-17-8-11(7-16(22)18(17)25)6-13-10(2)23-24(19(13)26)12-4-5-15(21)14(9-12)20(27)28/h4-9,23,25H,2-3H2,1H3,(H,27,28).